The highest BCUT2D eigenvalue weighted by molar-refractivity contribution is 7.20. The monoisotopic (exact) mass is 612 g/mol. The first-order valence-corrected chi connectivity index (χ1v) is 17.2. The highest BCUT2D eigenvalue weighted by Crippen LogP contribution is 2.51. The zero-order valence-corrected chi connectivity index (χ0v) is 26.2. The Kier molecular flexibility index (Phi) is 5.82. The molecule has 0 N–H and O–H groups in total. The fourth-order valence-corrected chi connectivity index (χ4v) is 9.39. The van der Waals surface area contributed by atoms with E-state index in [1.54, 1.807) is 0 Å². The lowest BCUT2D eigenvalue weighted by Crippen LogP contribution is -2.31. The molecule has 0 bridgehead atoms. The van der Waals surface area contributed by atoms with Gasteiger partial charge >= 0.3 is 0 Å². The molecule has 3 aliphatic carbocycles. The second-order valence-electron chi connectivity index (χ2n) is 12.6. The molecule has 6 aromatic rings. The summed E-state index contributed by atoms with van der Waals surface area (Å²) >= 11 is 1.93. The van der Waals surface area contributed by atoms with Crippen LogP contribution in [0.4, 0.5) is 22.7 Å². The summed E-state index contributed by atoms with van der Waals surface area (Å²) in [5.41, 5.74) is 11.1. The predicted molar refractivity (Wildman–Crippen MR) is 194 cm³/mol. The van der Waals surface area contributed by atoms with Gasteiger partial charge in [0.1, 0.15) is 11.3 Å². The maximum absolute atomic E-state index is 6.51. The molecule has 0 saturated heterocycles. The van der Waals surface area contributed by atoms with Crippen molar-refractivity contribution in [1.29, 1.82) is 0 Å². The lowest BCUT2D eigenvalue weighted by atomic mass is 9.89. The Morgan fingerprint density at radius 2 is 1.59 bits per heavy atom. The predicted octanol–water partition coefficient (Wildman–Crippen LogP) is 11.5. The molecule has 0 radical (unpaired) electrons. The van der Waals surface area contributed by atoms with Gasteiger partial charge in [-0.1, -0.05) is 78.9 Å². The van der Waals surface area contributed by atoms with Crippen molar-refractivity contribution in [3.05, 3.63) is 154 Å². The minimum absolute atomic E-state index is 0.151. The van der Waals surface area contributed by atoms with Crippen LogP contribution in [0.15, 0.2) is 131 Å². The third kappa shape index (κ3) is 3.83. The first-order chi connectivity index (χ1) is 22.8. The lowest BCUT2D eigenvalue weighted by Gasteiger charge is -2.34. The van der Waals surface area contributed by atoms with Crippen molar-refractivity contribution in [2.24, 2.45) is 0 Å². The van der Waals surface area contributed by atoms with Crippen molar-refractivity contribution in [2.75, 3.05) is 9.80 Å². The van der Waals surface area contributed by atoms with Gasteiger partial charge in [0.15, 0.2) is 0 Å². The zero-order chi connectivity index (χ0) is 30.2. The fraction of sp³-hybridized carbons (Fsp3) is 0.143. The minimum atomic E-state index is 0.151. The number of aryl methyl sites for hydroxylation is 2. The molecule has 3 heterocycles. The number of thiophene rings is 1. The number of hydrogen-bond donors (Lipinski definition) is 0. The maximum atomic E-state index is 6.51. The summed E-state index contributed by atoms with van der Waals surface area (Å²) in [6.45, 7) is 0. The second kappa shape index (κ2) is 10.2. The highest BCUT2D eigenvalue weighted by Gasteiger charge is 2.39. The second-order valence-corrected chi connectivity index (χ2v) is 13.7. The molecule has 10 rings (SSSR count). The van der Waals surface area contributed by atoms with Gasteiger partial charge in [-0.15, -0.1) is 11.3 Å². The Balaban J connectivity index is 1.22. The van der Waals surface area contributed by atoms with Gasteiger partial charge in [0.25, 0.3) is 0 Å². The first-order valence-electron chi connectivity index (χ1n) is 16.4. The number of rotatable bonds is 4. The van der Waals surface area contributed by atoms with E-state index in [1.165, 1.54) is 65.5 Å². The highest BCUT2D eigenvalue weighted by atomic mass is 32.1. The van der Waals surface area contributed by atoms with E-state index < -0.39 is 0 Å². The Bertz CT molecular complexity index is 2300. The fourth-order valence-electron chi connectivity index (χ4n) is 8.11. The Morgan fingerprint density at radius 3 is 2.54 bits per heavy atom. The van der Waals surface area contributed by atoms with Crippen LogP contribution in [0.1, 0.15) is 46.1 Å². The molecule has 0 fully saturated rings. The van der Waals surface area contributed by atoms with E-state index in [1.807, 2.05) is 11.3 Å². The first kappa shape index (κ1) is 26.2. The van der Waals surface area contributed by atoms with Crippen molar-refractivity contribution >= 4 is 67.3 Å². The molecule has 2 aromatic heterocycles. The molecule has 2 atom stereocenters. The Hall–Kier alpha value is -5.06. The Labute approximate surface area is 272 Å². The molecule has 4 heteroatoms. The average molecular weight is 613 g/mol. The molecule has 2 unspecified atom stereocenters. The van der Waals surface area contributed by atoms with Gasteiger partial charge in [-0.3, -0.25) is 0 Å². The van der Waals surface area contributed by atoms with Gasteiger partial charge in [0.05, 0.1) is 27.5 Å². The molecule has 0 saturated carbocycles. The van der Waals surface area contributed by atoms with Crippen LogP contribution in [0.3, 0.4) is 0 Å². The summed E-state index contributed by atoms with van der Waals surface area (Å²) in [5, 5.41) is 2.57. The maximum Gasteiger partial charge on any atom is 0.137 e. The average Bonchev–Trinajstić information content (AvgIpc) is 3.79. The molecule has 4 aliphatic rings. The number of para-hydroxylation sites is 2. The van der Waals surface area contributed by atoms with E-state index in [0.29, 0.717) is 0 Å². The van der Waals surface area contributed by atoms with Crippen molar-refractivity contribution in [3.63, 3.8) is 0 Å². The number of anilines is 4. The molecule has 46 heavy (non-hydrogen) atoms. The van der Waals surface area contributed by atoms with E-state index in [-0.39, 0.29) is 12.0 Å². The van der Waals surface area contributed by atoms with Gasteiger partial charge in [0.2, 0.25) is 0 Å². The topological polar surface area (TPSA) is 19.6 Å². The van der Waals surface area contributed by atoms with Gasteiger partial charge in [-0.2, -0.15) is 0 Å². The molecular formula is C42H32N2OS. The van der Waals surface area contributed by atoms with Crippen LogP contribution in [0.5, 0.6) is 0 Å². The van der Waals surface area contributed by atoms with E-state index in [4.69, 9.17) is 4.42 Å². The van der Waals surface area contributed by atoms with Gasteiger partial charge < -0.3 is 14.2 Å². The molecule has 1 aliphatic heterocycles. The smallest absolute Gasteiger partial charge is 0.137 e. The van der Waals surface area contributed by atoms with Crippen LogP contribution in [-0.2, 0) is 12.8 Å². The van der Waals surface area contributed by atoms with Crippen molar-refractivity contribution in [3.8, 4) is 0 Å². The number of allylic oxidation sites excluding steroid dienone is 3. The molecular weight excluding hydrogens is 581 g/mol. The van der Waals surface area contributed by atoms with E-state index in [0.717, 1.165) is 37.0 Å². The summed E-state index contributed by atoms with van der Waals surface area (Å²) in [6, 6.07) is 33.4. The molecule has 0 amide bonds. The van der Waals surface area contributed by atoms with Crippen LogP contribution in [-0.4, -0.2) is 6.04 Å². The molecule has 0 spiro atoms. The third-order valence-corrected chi connectivity index (χ3v) is 11.3. The Morgan fingerprint density at radius 1 is 0.761 bits per heavy atom. The van der Waals surface area contributed by atoms with Crippen LogP contribution >= 0.6 is 11.3 Å². The third-order valence-electron chi connectivity index (χ3n) is 10.1. The SMILES string of the molecule is C1=Cc2c(oc3cccc(N(C4=CC5C(C=C4)c4ccccc4N5c4ccccc4)c4cccc5c6c(sc45)C=CCC6)c23)CC1. The summed E-state index contributed by atoms with van der Waals surface area (Å²) in [4.78, 5) is 6.44. The summed E-state index contributed by atoms with van der Waals surface area (Å²) in [5.74, 6) is 1.37. The van der Waals surface area contributed by atoms with Gasteiger partial charge in [-0.05, 0) is 90.4 Å². The number of furan rings is 1. The van der Waals surface area contributed by atoms with Gasteiger partial charge in [0, 0.05) is 39.9 Å². The van der Waals surface area contributed by atoms with E-state index in [2.05, 4.69) is 143 Å². The standard InChI is InChI=1S/C42H32N2OS/c1-2-12-27(13-3-1)43-34-18-7-4-14-29(34)30-25-24-28(26-37(30)43)44(35-19-11-22-39-41(35)33-16-5-8-21-38(33)45-39)36-20-10-17-32-31-15-6-9-23-40(31)46-42(32)36/h1-5,7,9-14,16-20,22-26,30,37H,6,8,15,21H2. The summed E-state index contributed by atoms with van der Waals surface area (Å²) in [7, 11) is 0. The number of benzene rings is 4. The number of hydrogen-bond acceptors (Lipinski definition) is 4. The quantitative estimate of drug-likeness (QED) is 0.197. The molecule has 222 valence electrons. The number of fused-ring (bicyclic) bond motifs is 9. The van der Waals surface area contributed by atoms with Crippen LogP contribution in [0.2, 0.25) is 0 Å². The summed E-state index contributed by atoms with van der Waals surface area (Å²) < 4.78 is 7.86. The van der Waals surface area contributed by atoms with Crippen molar-refractivity contribution in [1.82, 2.24) is 0 Å². The van der Waals surface area contributed by atoms with Crippen molar-refractivity contribution in [2.45, 2.75) is 37.6 Å². The minimum Gasteiger partial charge on any atom is -0.460 e. The van der Waals surface area contributed by atoms with Gasteiger partial charge in [-0.25, -0.2) is 0 Å². The normalized spacial score (nSPS) is 19.2. The van der Waals surface area contributed by atoms with E-state index in [9.17, 15) is 0 Å². The van der Waals surface area contributed by atoms with E-state index >= 15 is 0 Å². The van der Waals surface area contributed by atoms with Crippen LogP contribution < -0.4 is 9.80 Å². The van der Waals surface area contributed by atoms with Crippen LogP contribution in [0.25, 0.3) is 33.2 Å². The lowest BCUT2D eigenvalue weighted by molar-refractivity contribution is 0.546. The molecule has 4 aromatic carbocycles. The van der Waals surface area contributed by atoms with Crippen LogP contribution in [0, 0.1) is 0 Å². The van der Waals surface area contributed by atoms with Crippen molar-refractivity contribution < 1.29 is 4.42 Å². The zero-order valence-electron chi connectivity index (χ0n) is 25.4. The number of nitrogens with zero attached hydrogens (tertiary/aromatic N) is 2. The molecule has 3 nitrogen and oxygen atoms in total. The summed E-state index contributed by atoms with van der Waals surface area (Å²) in [6.07, 6.45) is 20.7. The largest absolute Gasteiger partial charge is 0.460 e.